The van der Waals surface area contributed by atoms with Gasteiger partial charge in [0.15, 0.2) is 0 Å². The number of hydrogen-bond donors (Lipinski definition) is 0. The monoisotopic (exact) mass is 270 g/mol. The summed E-state index contributed by atoms with van der Waals surface area (Å²) in [6, 6.07) is 0. The van der Waals surface area contributed by atoms with E-state index in [1.165, 1.54) is 0 Å². The van der Waals surface area contributed by atoms with Gasteiger partial charge in [0, 0.05) is 0 Å². The van der Waals surface area contributed by atoms with Gasteiger partial charge in [0.1, 0.15) is 25.4 Å². The third kappa shape index (κ3) is 3.67. The minimum Gasteiger partial charge on any atom is -0.463 e. The van der Waals surface area contributed by atoms with Crippen molar-refractivity contribution in [1.29, 1.82) is 0 Å². The molecule has 3 rings (SSSR count). The number of carbonyl (C=O) groups excluding carboxylic acids is 2. The Kier molecular flexibility index (Phi) is 3.70. The van der Waals surface area contributed by atoms with Gasteiger partial charge >= 0.3 is 11.9 Å². The summed E-state index contributed by atoms with van der Waals surface area (Å²) in [5.41, 5.74) is 0. The first-order valence-electron chi connectivity index (χ1n) is 6.79. The van der Waals surface area contributed by atoms with Crippen LogP contribution in [-0.4, -0.2) is 50.6 Å². The highest BCUT2D eigenvalue weighted by Gasteiger charge is 2.37. The second-order valence-corrected chi connectivity index (χ2v) is 5.38. The topological polar surface area (TPSA) is 77.7 Å². The number of carbonyl (C=O) groups is 2. The molecule has 0 aromatic heterocycles. The van der Waals surface area contributed by atoms with Gasteiger partial charge in [-0.2, -0.15) is 0 Å². The Morgan fingerprint density at radius 1 is 0.895 bits per heavy atom. The lowest BCUT2D eigenvalue weighted by Gasteiger charge is -2.10. The average molecular weight is 270 g/mol. The van der Waals surface area contributed by atoms with Crippen molar-refractivity contribution in [1.82, 2.24) is 0 Å². The molecule has 1 saturated carbocycles. The van der Waals surface area contributed by atoms with Crippen molar-refractivity contribution in [3.8, 4) is 0 Å². The molecule has 2 saturated heterocycles. The first-order valence-corrected chi connectivity index (χ1v) is 6.79. The van der Waals surface area contributed by atoms with E-state index in [9.17, 15) is 9.59 Å². The average Bonchev–Trinajstić information content (AvgIpc) is 3.32. The molecule has 4 atom stereocenters. The molecule has 0 bridgehead atoms. The second kappa shape index (κ2) is 5.46. The maximum atomic E-state index is 11.8. The number of ether oxygens (including phenoxy) is 4. The normalized spacial score (nSPS) is 35.8. The smallest absolute Gasteiger partial charge is 0.309 e. The Balaban J connectivity index is 1.37. The molecule has 3 fully saturated rings. The van der Waals surface area contributed by atoms with E-state index in [0.29, 0.717) is 45.7 Å². The molecule has 0 amide bonds. The van der Waals surface area contributed by atoms with Crippen molar-refractivity contribution in [2.24, 2.45) is 11.8 Å². The standard InChI is InChI=1S/C13H18O6/c14-12(18-6-10-4-16-10)8-1-2-9(3-8)13(15)19-7-11-5-17-11/h8-11H,1-7H2. The van der Waals surface area contributed by atoms with Crippen LogP contribution < -0.4 is 0 Å². The molecule has 106 valence electrons. The number of esters is 2. The van der Waals surface area contributed by atoms with E-state index >= 15 is 0 Å². The maximum absolute atomic E-state index is 11.8. The third-order valence-electron chi connectivity index (χ3n) is 3.73. The quantitative estimate of drug-likeness (QED) is 0.510. The van der Waals surface area contributed by atoms with Crippen LogP contribution in [0.1, 0.15) is 19.3 Å². The van der Waals surface area contributed by atoms with Gasteiger partial charge in [-0.3, -0.25) is 9.59 Å². The van der Waals surface area contributed by atoms with Gasteiger partial charge in [0.2, 0.25) is 0 Å². The minimum atomic E-state index is -0.212. The Hall–Kier alpha value is -1.14. The largest absolute Gasteiger partial charge is 0.463 e. The van der Waals surface area contributed by atoms with E-state index in [0.717, 1.165) is 0 Å². The van der Waals surface area contributed by atoms with Crippen molar-refractivity contribution in [2.45, 2.75) is 31.5 Å². The zero-order valence-corrected chi connectivity index (χ0v) is 10.7. The summed E-state index contributed by atoms with van der Waals surface area (Å²) in [6.45, 7) is 2.03. The van der Waals surface area contributed by atoms with Crippen LogP contribution in [0.4, 0.5) is 0 Å². The molecule has 3 aliphatic rings. The van der Waals surface area contributed by atoms with Gasteiger partial charge in [0.05, 0.1) is 25.0 Å². The Labute approximate surface area is 111 Å². The van der Waals surface area contributed by atoms with Crippen LogP contribution in [-0.2, 0) is 28.5 Å². The Morgan fingerprint density at radius 2 is 1.32 bits per heavy atom. The summed E-state index contributed by atoms with van der Waals surface area (Å²) >= 11 is 0. The lowest BCUT2D eigenvalue weighted by atomic mass is 10.1. The highest BCUT2D eigenvalue weighted by molar-refractivity contribution is 5.77. The molecule has 0 aromatic rings. The molecular weight excluding hydrogens is 252 g/mol. The fourth-order valence-electron chi connectivity index (χ4n) is 2.32. The van der Waals surface area contributed by atoms with Gasteiger partial charge < -0.3 is 18.9 Å². The van der Waals surface area contributed by atoms with Crippen molar-refractivity contribution < 1.29 is 28.5 Å². The van der Waals surface area contributed by atoms with Crippen LogP contribution in [0.5, 0.6) is 0 Å². The van der Waals surface area contributed by atoms with Crippen LogP contribution >= 0.6 is 0 Å². The van der Waals surface area contributed by atoms with E-state index < -0.39 is 0 Å². The molecule has 0 N–H and O–H groups in total. The first kappa shape index (κ1) is 12.9. The molecule has 0 aromatic carbocycles. The van der Waals surface area contributed by atoms with Crippen LogP contribution in [0.15, 0.2) is 0 Å². The van der Waals surface area contributed by atoms with E-state index in [1.54, 1.807) is 0 Å². The molecule has 19 heavy (non-hydrogen) atoms. The highest BCUT2D eigenvalue weighted by atomic mass is 16.6. The maximum Gasteiger partial charge on any atom is 0.309 e. The SMILES string of the molecule is O=C(OCC1CO1)C1CCC(C(=O)OCC2CO2)C1. The van der Waals surface area contributed by atoms with Crippen LogP contribution in [0.3, 0.4) is 0 Å². The van der Waals surface area contributed by atoms with Crippen LogP contribution in [0, 0.1) is 11.8 Å². The Bertz CT molecular complexity index is 326. The van der Waals surface area contributed by atoms with Crippen LogP contribution in [0.2, 0.25) is 0 Å². The lowest BCUT2D eigenvalue weighted by molar-refractivity contribution is -0.150. The molecule has 4 unspecified atom stereocenters. The lowest BCUT2D eigenvalue weighted by Crippen LogP contribution is -2.21. The van der Waals surface area contributed by atoms with Gasteiger partial charge in [0.25, 0.3) is 0 Å². The number of epoxide rings is 2. The van der Waals surface area contributed by atoms with Crippen molar-refractivity contribution in [3.05, 3.63) is 0 Å². The van der Waals surface area contributed by atoms with Crippen molar-refractivity contribution in [2.75, 3.05) is 26.4 Å². The fourth-order valence-corrected chi connectivity index (χ4v) is 2.32. The molecular formula is C13H18O6. The van der Waals surface area contributed by atoms with E-state index in [2.05, 4.69) is 0 Å². The molecule has 6 nitrogen and oxygen atoms in total. The highest BCUT2D eigenvalue weighted by Crippen LogP contribution is 2.33. The molecule has 6 heteroatoms. The minimum absolute atomic E-state index is 0.0876. The molecule has 1 aliphatic carbocycles. The molecule has 2 aliphatic heterocycles. The summed E-state index contributed by atoms with van der Waals surface area (Å²) in [5.74, 6) is -0.769. The number of rotatable bonds is 6. The van der Waals surface area contributed by atoms with Gasteiger partial charge in [-0.05, 0) is 19.3 Å². The van der Waals surface area contributed by atoms with Crippen molar-refractivity contribution in [3.63, 3.8) is 0 Å². The predicted molar refractivity (Wildman–Crippen MR) is 62.2 cm³/mol. The fraction of sp³-hybridized carbons (Fsp3) is 0.846. The van der Waals surface area contributed by atoms with Gasteiger partial charge in [-0.1, -0.05) is 0 Å². The summed E-state index contributed by atoms with van der Waals surface area (Å²) < 4.78 is 20.3. The van der Waals surface area contributed by atoms with E-state index in [4.69, 9.17) is 18.9 Å². The van der Waals surface area contributed by atoms with Gasteiger partial charge in [-0.25, -0.2) is 0 Å². The molecule has 0 radical (unpaired) electrons. The van der Waals surface area contributed by atoms with Crippen LogP contribution in [0.25, 0.3) is 0 Å². The first-order chi connectivity index (χ1) is 9.22. The van der Waals surface area contributed by atoms with Crippen molar-refractivity contribution >= 4 is 11.9 Å². The predicted octanol–water partition coefficient (Wildman–Crippen LogP) is 0.287. The summed E-state index contributed by atoms with van der Waals surface area (Å²) in [7, 11) is 0. The summed E-state index contributed by atoms with van der Waals surface area (Å²) in [6.07, 6.45) is 2.11. The third-order valence-corrected chi connectivity index (χ3v) is 3.73. The van der Waals surface area contributed by atoms with E-state index in [-0.39, 0.29) is 36.0 Å². The Morgan fingerprint density at radius 3 is 1.68 bits per heavy atom. The second-order valence-electron chi connectivity index (χ2n) is 5.38. The molecule has 0 spiro atoms. The van der Waals surface area contributed by atoms with E-state index in [1.807, 2.05) is 0 Å². The zero-order chi connectivity index (χ0) is 13.2. The summed E-state index contributed by atoms with van der Waals surface area (Å²) in [5, 5.41) is 0. The number of hydrogen-bond acceptors (Lipinski definition) is 6. The summed E-state index contributed by atoms with van der Waals surface area (Å²) in [4.78, 5) is 23.5. The van der Waals surface area contributed by atoms with Gasteiger partial charge in [-0.15, -0.1) is 0 Å². The zero-order valence-electron chi connectivity index (χ0n) is 10.7. The molecule has 2 heterocycles.